The quantitative estimate of drug-likeness (QED) is 0.656. The zero-order chi connectivity index (χ0) is 21.1. The number of carbonyl (C=O) groups excluding carboxylic acids is 1. The number of para-hydroxylation sites is 1. The van der Waals surface area contributed by atoms with Crippen LogP contribution in [0.25, 0.3) is 0 Å². The molecule has 1 saturated heterocycles. The maximum atomic E-state index is 12.9. The molecule has 2 heterocycles. The van der Waals surface area contributed by atoms with Crippen molar-refractivity contribution in [3.05, 3.63) is 77.1 Å². The van der Waals surface area contributed by atoms with E-state index in [9.17, 15) is 4.79 Å². The molecule has 0 saturated carbocycles. The lowest BCUT2D eigenvalue weighted by Crippen LogP contribution is -2.49. The van der Waals surface area contributed by atoms with Crippen molar-refractivity contribution >= 4 is 11.7 Å². The van der Waals surface area contributed by atoms with Crippen LogP contribution < -0.4 is 9.64 Å². The van der Waals surface area contributed by atoms with Crippen molar-refractivity contribution in [3.8, 4) is 11.6 Å². The lowest BCUT2D eigenvalue weighted by atomic mass is 10.1. The predicted molar refractivity (Wildman–Crippen MR) is 117 cm³/mol. The van der Waals surface area contributed by atoms with Crippen LogP contribution in [0, 0.1) is 20.8 Å². The van der Waals surface area contributed by atoms with Gasteiger partial charge < -0.3 is 14.5 Å². The molecule has 1 aliphatic heterocycles. The Labute approximate surface area is 177 Å². The summed E-state index contributed by atoms with van der Waals surface area (Å²) in [7, 11) is 0. The van der Waals surface area contributed by atoms with Crippen LogP contribution in [0.4, 0.5) is 5.82 Å². The van der Waals surface area contributed by atoms with Crippen molar-refractivity contribution < 1.29 is 9.53 Å². The molecular weight excluding hydrogens is 376 g/mol. The number of anilines is 1. The van der Waals surface area contributed by atoms with Gasteiger partial charge in [-0.15, -0.1) is 0 Å². The first-order valence-corrected chi connectivity index (χ1v) is 10.2. The maximum Gasteiger partial charge on any atom is 0.253 e. The molecule has 1 amide bonds. The Morgan fingerprint density at radius 1 is 0.867 bits per heavy atom. The number of nitrogens with zero attached hydrogens (tertiary/aromatic N) is 4. The van der Waals surface area contributed by atoms with Gasteiger partial charge in [0.05, 0.1) is 0 Å². The van der Waals surface area contributed by atoms with Gasteiger partial charge in [0, 0.05) is 37.8 Å². The van der Waals surface area contributed by atoms with E-state index < -0.39 is 0 Å². The molecule has 0 radical (unpaired) electrons. The van der Waals surface area contributed by atoms with Gasteiger partial charge in [0.1, 0.15) is 17.4 Å². The highest BCUT2D eigenvalue weighted by atomic mass is 16.5. The SMILES string of the molecule is Cc1cc(C)cc(C(=O)N2CCN(c3cc(Oc4ccccc4)nc(C)n3)CC2)c1. The second-order valence-corrected chi connectivity index (χ2v) is 7.68. The Kier molecular flexibility index (Phi) is 5.65. The molecule has 0 bridgehead atoms. The molecule has 0 aliphatic carbocycles. The fourth-order valence-electron chi connectivity index (χ4n) is 3.77. The van der Waals surface area contributed by atoms with Gasteiger partial charge in [0.25, 0.3) is 5.91 Å². The van der Waals surface area contributed by atoms with Gasteiger partial charge in [-0.05, 0) is 45.0 Å². The summed E-state index contributed by atoms with van der Waals surface area (Å²) in [5.41, 5.74) is 2.98. The van der Waals surface area contributed by atoms with E-state index in [2.05, 4.69) is 20.9 Å². The third-order valence-corrected chi connectivity index (χ3v) is 5.13. The Bertz CT molecular complexity index is 1020. The molecule has 3 aromatic rings. The van der Waals surface area contributed by atoms with Gasteiger partial charge in [-0.25, -0.2) is 4.98 Å². The molecule has 6 heteroatoms. The number of aryl methyl sites for hydroxylation is 3. The van der Waals surface area contributed by atoms with Crippen LogP contribution in [-0.4, -0.2) is 47.0 Å². The fourth-order valence-corrected chi connectivity index (χ4v) is 3.77. The summed E-state index contributed by atoms with van der Waals surface area (Å²) in [6.45, 7) is 8.66. The average molecular weight is 402 g/mol. The van der Waals surface area contributed by atoms with Crippen LogP contribution in [0.5, 0.6) is 11.6 Å². The minimum Gasteiger partial charge on any atom is -0.439 e. The van der Waals surface area contributed by atoms with Crippen LogP contribution in [0.3, 0.4) is 0 Å². The monoisotopic (exact) mass is 402 g/mol. The highest BCUT2D eigenvalue weighted by Gasteiger charge is 2.24. The van der Waals surface area contributed by atoms with Gasteiger partial charge in [-0.1, -0.05) is 35.4 Å². The molecule has 0 N–H and O–H groups in total. The van der Waals surface area contributed by atoms with Gasteiger partial charge in [0.2, 0.25) is 5.88 Å². The van der Waals surface area contributed by atoms with E-state index in [4.69, 9.17) is 4.74 Å². The summed E-state index contributed by atoms with van der Waals surface area (Å²) in [4.78, 5) is 26.0. The second kappa shape index (κ2) is 8.53. The van der Waals surface area contributed by atoms with Crippen molar-refractivity contribution in [2.75, 3.05) is 31.1 Å². The summed E-state index contributed by atoms with van der Waals surface area (Å²) in [5.74, 6) is 2.84. The van der Waals surface area contributed by atoms with Crippen molar-refractivity contribution in [1.82, 2.24) is 14.9 Å². The molecule has 4 rings (SSSR count). The highest BCUT2D eigenvalue weighted by molar-refractivity contribution is 5.94. The van der Waals surface area contributed by atoms with E-state index in [1.165, 1.54) is 0 Å². The molecule has 0 unspecified atom stereocenters. The number of benzene rings is 2. The van der Waals surface area contributed by atoms with Crippen molar-refractivity contribution in [3.63, 3.8) is 0 Å². The third-order valence-electron chi connectivity index (χ3n) is 5.13. The zero-order valence-electron chi connectivity index (χ0n) is 17.6. The molecule has 1 aliphatic rings. The van der Waals surface area contributed by atoms with E-state index in [-0.39, 0.29) is 5.91 Å². The van der Waals surface area contributed by atoms with E-state index in [1.807, 2.05) is 74.2 Å². The Morgan fingerprint density at radius 2 is 1.53 bits per heavy atom. The topological polar surface area (TPSA) is 58.6 Å². The van der Waals surface area contributed by atoms with E-state index in [0.717, 1.165) is 41.3 Å². The van der Waals surface area contributed by atoms with Crippen LogP contribution in [0.15, 0.2) is 54.6 Å². The maximum absolute atomic E-state index is 12.9. The normalized spacial score (nSPS) is 14.0. The Balaban J connectivity index is 1.44. The summed E-state index contributed by atoms with van der Waals surface area (Å²) < 4.78 is 5.89. The van der Waals surface area contributed by atoms with Crippen molar-refractivity contribution in [2.45, 2.75) is 20.8 Å². The molecule has 1 aromatic heterocycles. The number of piperazine rings is 1. The average Bonchev–Trinajstić information content (AvgIpc) is 2.73. The lowest BCUT2D eigenvalue weighted by Gasteiger charge is -2.35. The first-order chi connectivity index (χ1) is 14.5. The Morgan fingerprint density at radius 3 is 2.20 bits per heavy atom. The molecule has 6 nitrogen and oxygen atoms in total. The first-order valence-electron chi connectivity index (χ1n) is 10.2. The lowest BCUT2D eigenvalue weighted by molar-refractivity contribution is 0.0746. The van der Waals surface area contributed by atoms with Crippen LogP contribution in [-0.2, 0) is 0 Å². The number of hydrogen-bond donors (Lipinski definition) is 0. The molecule has 30 heavy (non-hydrogen) atoms. The van der Waals surface area contributed by atoms with Crippen LogP contribution >= 0.6 is 0 Å². The standard InChI is InChI=1S/C24H26N4O2/c1-17-13-18(2)15-20(14-17)24(29)28-11-9-27(10-12-28)22-16-23(26-19(3)25-22)30-21-7-5-4-6-8-21/h4-8,13-16H,9-12H2,1-3H3. The number of amides is 1. The Hall–Kier alpha value is -3.41. The zero-order valence-corrected chi connectivity index (χ0v) is 17.6. The van der Waals surface area contributed by atoms with Crippen molar-refractivity contribution in [1.29, 1.82) is 0 Å². The fraction of sp³-hybridized carbons (Fsp3) is 0.292. The largest absolute Gasteiger partial charge is 0.439 e. The van der Waals surface area contributed by atoms with Crippen LogP contribution in [0.1, 0.15) is 27.3 Å². The summed E-state index contributed by atoms with van der Waals surface area (Å²) in [5, 5.41) is 0. The second-order valence-electron chi connectivity index (χ2n) is 7.68. The van der Waals surface area contributed by atoms with E-state index in [1.54, 1.807) is 0 Å². The number of ether oxygens (including phenoxy) is 1. The summed E-state index contributed by atoms with van der Waals surface area (Å²) in [6.07, 6.45) is 0. The van der Waals surface area contributed by atoms with Crippen molar-refractivity contribution in [2.24, 2.45) is 0 Å². The molecule has 0 atom stereocenters. The number of hydrogen-bond acceptors (Lipinski definition) is 5. The first kappa shape index (κ1) is 19.9. The molecule has 2 aromatic carbocycles. The van der Waals surface area contributed by atoms with Gasteiger partial charge >= 0.3 is 0 Å². The molecule has 154 valence electrons. The van der Waals surface area contributed by atoms with E-state index >= 15 is 0 Å². The molecule has 1 fully saturated rings. The predicted octanol–water partition coefficient (Wildman–Crippen LogP) is 4.16. The van der Waals surface area contributed by atoms with E-state index in [0.29, 0.717) is 24.8 Å². The summed E-state index contributed by atoms with van der Waals surface area (Å²) in [6, 6.07) is 17.5. The number of rotatable bonds is 4. The summed E-state index contributed by atoms with van der Waals surface area (Å²) >= 11 is 0. The molecule has 0 spiro atoms. The minimum absolute atomic E-state index is 0.0911. The number of carbonyl (C=O) groups is 1. The molecular formula is C24H26N4O2. The van der Waals surface area contributed by atoms with Crippen LogP contribution in [0.2, 0.25) is 0 Å². The van der Waals surface area contributed by atoms with Gasteiger partial charge in [-0.2, -0.15) is 4.98 Å². The van der Waals surface area contributed by atoms with Gasteiger partial charge in [0.15, 0.2) is 0 Å². The minimum atomic E-state index is 0.0911. The number of aromatic nitrogens is 2. The van der Waals surface area contributed by atoms with Gasteiger partial charge in [-0.3, -0.25) is 4.79 Å². The third kappa shape index (κ3) is 4.59. The highest BCUT2D eigenvalue weighted by Crippen LogP contribution is 2.24. The smallest absolute Gasteiger partial charge is 0.253 e.